The number of nitrogens with zero attached hydrogens (tertiary/aromatic N) is 1. The van der Waals surface area contributed by atoms with Gasteiger partial charge in [0.15, 0.2) is 0 Å². The molecule has 0 aliphatic carbocycles. The lowest BCUT2D eigenvalue weighted by Gasteiger charge is -2.04. The third-order valence-electron chi connectivity index (χ3n) is 1.70. The van der Waals surface area contributed by atoms with Crippen molar-refractivity contribution in [3.05, 3.63) is 24.0 Å². The second-order valence-corrected chi connectivity index (χ2v) is 3.79. The van der Waals surface area contributed by atoms with Crippen LogP contribution in [-0.4, -0.2) is 18.0 Å². The number of nitrogens with one attached hydrogen (secondary N) is 1. The Hall–Kier alpha value is -0.700. The quantitative estimate of drug-likeness (QED) is 0.526. The molecule has 2 nitrogen and oxygen atoms in total. The van der Waals surface area contributed by atoms with Gasteiger partial charge in [0.2, 0.25) is 0 Å². The highest BCUT2D eigenvalue weighted by Gasteiger charge is 1.97. The largest absolute Gasteiger partial charge is 0.374 e. The van der Waals surface area contributed by atoms with E-state index in [-0.39, 0.29) is 5.25 Å². The predicted octanol–water partition coefficient (Wildman–Crippen LogP) is 2.40. The number of allylic oxidation sites excluding steroid dienone is 1. The molecule has 0 bridgehead atoms. The third-order valence-corrected chi connectivity index (χ3v) is 2.10. The van der Waals surface area contributed by atoms with Crippen molar-refractivity contribution in [1.29, 1.82) is 0 Å². The Morgan fingerprint density at radius 2 is 2.08 bits per heavy atom. The zero-order valence-electron chi connectivity index (χ0n) is 8.76. The van der Waals surface area contributed by atoms with Gasteiger partial charge in [-0.15, -0.1) is 0 Å². The second kappa shape index (κ2) is 5.86. The lowest BCUT2D eigenvalue weighted by Crippen LogP contribution is -2.04. The molecule has 1 atom stereocenters. The SMILES string of the molecule is C=C(/N=C(C)\C=C(/C)C(C)S)NC. The first kappa shape index (κ1) is 12.3. The van der Waals surface area contributed by atoms with Crippen LogP contribution in [0.4, 0.5) is 0 Å². The van der Waals surface area contributed by atoms with Gasteiger partial charge in [0.05, 0.1) is 0 Å². The first-order valence-electron chi connectivity index (χ1n) is 4.25. The molecule has 0 aromatic heterocycles. The summed E-state index contributed by atoms with van der Waals surface area (Å²) in [6.45, 7) is 9.74. The van der Waals surface area contributed by atoms with E-state index in [1.807, 2.05) is 26.8 Å². The minimum absolute atomic E-state index is 0.271. The van der Waals surface area contributed by atoms with Crippen LogP contribution in [0.25, 0.3) is 0 Å². The van der Waals surface area contributed by atoms with Crippen molar-refractivity contribution in [2.24, 2.45) is 4.99 Å². The highest BCUT2D eigenvalue weighted by atomic mass is 32.1. The molecule has 0 aliphatic heterocycles. The van der Waals surface area contributed by atoms with Crippen molar-refractivity contribution in [3.8, 4) is 0 Å². The van der Waals surface area contributed by atoms with E-state index in [2.05, 4.69) is 29.5 Å². The summed E-state index contributed by atoms with van der Waals surface area (Å²) >= 11 is 4.32. The average Bonchev–Trinajstić information content (AvgIpc) is 2.03. The first-order valence-corrected chi connectivity index (χ1v) is 4.77. The summed E-state index contributed by atoms with van der Waals surface area (Å²) in [5, 5.41) is 3.14. The smallest absolute Gasteiger partial charge is 0.118 e. The maximum atomic E-state index is 4.32. The molecule has 0 rings (SSSR count). The molecular weight excluding hydrogens is 180 g/mol. The Labute approximate surface area is 86.2 Å². The van der Waals surface area contributed by atoms with Crippen molar-refractivity contribution in [3.63, 3.8) is 0 Å². The number of rotatable bonds is 4. The maximum Gasteiger partial charge on any atom is 0.118 e. The lowest BCUT2D eigenvalue weighted by atomic mass is 10.2. The zero-order valence-corrected chi connectivity index (χ0v) is 9.65. The van der Waals surface area contributed by atoms with Gasteiger partial charge in [-0.2, -0.15) is 12.6 Å². The average molecular weight is 198 g/mol. The van der Waals surface area contributed by atoms with Crippen LogP contribution < -0.4 is 5.32 Å². The van der Waals surface area contributed by atoms with Crippen LogP contribution in [0.3, 0.4) is 0 Å². The van der Waals surface area contributed by atoms with Crippen molar-refractivity contribution in [2.75, 3.05) is 7.05 Å². The van der Waals surface area contributed by atoms with E-state index in [0.717, 1.165) is 5.71 Å². The predicted molar refractivity (Wildman–Crippen MR) is 63.5 cm³/mol. The molecule has 13 heavy (non-hydrogen) atoms. The van der Waals surface area contributed by atoms with E-state index in [0.29, 0.717) is 5.82 Å². The normalized spacial score (nSPS) is 15.5. The standard InChI is InChI=1S/C10H18N2S/c1-7(9(3)13)6-8(2)12-10(4)11-5/h6,9,11,13H,4H2,1-3,5H3/b7-6+,12-8-. The first-order chi connectivity index (χ1) is 5.97. The monoisotopic (exact) mass is 198 g/mol. The molecule has 0 heterocycles. The van der Waals surface area contributed by atoms with Gasteiger partial charge < -0.3 is 5.32 Å². The fourth-order valence-electron chi connectivity index (χ4n) is 0.751. The number of thiol groups is 1. The topological polar surface area (TPSA) is 24.4 Å². The fourth-order valence-corrected chi connectivity index (χ4v) is 0.826. The second-order valence-electron chi connectivity index (χ2n) is 3.01. The van der Waals surface area contributed by atoms with Crippen molar-refractivity contribution >= 4 is 18.3 Å². The summed E-state index contributed by atoms with van der Waals surface area (Å²) < 4.78 is 0. The van der Waals surface area contributed by atoms with Crippen LogP contribution in [0.15, 0.2) is 29.0 Å². The Morgan fingerprint density at radius 3 is 2.46 bits per heavy atom. The van der Waals surface area contributed by atoms with Crippen molar-refractivity contribution in [2.45, 2.75) is 26.0 Å². The Balaban J connectivity index is 4.44. The van der Waals surface area contributed by atoms with Crippen LogP contribution in [-0.2, 0) is 0 Å². The zero-order chi connectivity index (χ0) is 10.4. The molecule has 1 unspecified atom stereocenters. The van der Waals surface area contributed by atoms with Gasteiger partial charge in [-0.1, -0.05) is 12.2 Å². The van der Waals surface area contributed by atoms with E-state index >= 15 is 0 Å². The molecule has 0 radical (unpaired) electrons. The van der Waals surface area contributed by atoms with Crippen LogP contribution in [0, 0.1) is 0 Å². The summed E-state index contributed by atoms with van der Waals surface area (Å²) in [6.07, 6.45) is 2.01. The number of hydrogen-bond acceptors (Lipinski definition) is 3. The van der Waals surface area contributed by atoms with E-state index in [4.69, 9.17) is 0 Å². The molecule has 0 saturated heterocycles. The summed E-state index contributed by atoms with van der Waals surface area (Å²) in [5.74, 6) is 0.674. The Kier molecular flexibility index (Phi) is 5.55. The number of hydrogen-bond donors (Lipinski definition) is 2. The van der Waals surface area contributed by atoms with Crippen molar-refractivity contribution < 1.29 is 0 Å². The van der Waals surface area contributed by atoms with E-state index < -0.39 is 0 Å². The molecule has 0 spiro atoms. The van der Waals surface area contributed by atoms with Gasteiger partial charge >= 0.3 is 0 Å². The molecule has 3 heteroatoms. The summed E-state index contributed by atoms with van der Waals surface area (Å²) in [7, 11) is 1.80. The fraction of sp³-hybridized carbons (Fsp3) is 0.500. The van der Waals surface area contributed by atoms with Crippen molar-refractivity contribution in [1.82, 2.24) is 5.32 Å². The molecule has 0 aromatic carbocycles. The van der Waals surface area contributed by atoms with Crippen LogP contribution >= 0.6 is 12.6 Å². The summed E-state index contributed by atoms with van der Waals surface area (Å²) in [4.78, 5) is 4.22. The van der Waals surface area contributed by atoms with E-state index in [9.17, 15) is 0 Å². The minimum Gasteiger partial charge on any atom is -0.374 e. The van der Waals surface area contributed by atoms with Gasteiger partial charge in [-0.3, -0.25) is 0 Å². The lowest BCUT2D eigenvalue weighted by molar-refractivity contribution is 0.973. The van der Waals surface area contributed by atoms with Gasteiger partial charge in [0.25, 0.3) is 0 Å². The summed E-state index contributed by atoms with van der Waals surface area (Å²) in [5.41, 5.74) is 2.14. The van der Waals surface area contributed by atoms with E-state index in [1.54, 1.807) is 7.05 Å². The van der Waals surface area contributed by atoms with Gasteiger partial charge in [-0.25, -0.2) is 4.99 Å². The molecule has 0 saturated carbocycles. The van der Waals surface area contributed by atoms with Crippen LogP contribution in [0.5, 0.6) is 0 Å². The molecular formula is C10H18N2S. The Morgan fingerprint density at radius 1 is 1.54 bits per heavy atom. The summed E-state index contributed by atoms with van der Waals surface area (Å²) in [6, 6.07) is 0. The maximum absolute atomic E-state index is 4.32. The molecule has 1 N–H and O–H groups in total. The molecule has 0 amide bonds. The highest BCUT2D eigenvalue weighted by Crippen LogP contribution is 2.07. The highest BCUT2D eigenvalue weighted by molar-refractivity contribution is 7.81. The van der Waals surface area contributed by atoms with Crippen LogP contribution in [0.2, 0.25) is 0 Å². The van der Waals surface area contributed by atoms with E-state index in [1.165, 1.54) is 5.57 Å². The van der Waals surface area contributed by atoms with Gasteiger partial charge in [0.1, 0.15) is 5.82 Å². The van der Waals surface area contributed by atoms with Crippen LogP contribution in [0.1, 0.15) is 20.8 Å². The van der Waals surface area contributed by atoms with Gasteiger partial charge in [-0.05, 0) is 26.8 Å². The minimum atomic E-state index is 0.271. The number of aliphatic imine (C=N–C) groups is 1. The molecule has 0 aliphatic rings. The Bertz CT molecular complexity index is 239. The third kappa shape index (κ3) is 5.53. The molecule has 74 valence electrons. The molecule has 0 aromatic rings. The van der Waals surface area contributed by atoms with Gasteiger partial charge in [0, 0.05) is 18.0 Å². The molecule has 0 fully saturated rings.